The maximum atomic E-state index is 12.0. The van der Waals surface area contributed by atoms with E-state index in [4.69, 9.17) is 0 Å². The van der Waals surface area contributed by atoms with Crippen LogP contribution >= 0.6 is 11.8 Å². The Hall–Kier alpha value is -1.57. The third-order valence-corrected chi connectivity index (χ3v) is 3.13. The number of thioether (sulfide) groups is 1. The van der Waals surface area contributed by atoms with Gasteiger partial charge in [0.25, 0.3) is 0 Å². The Morgan fingerprint density at radius 1 is 1.42 bits per heavy atom. The summed E-state index contributed by atoms with van der Waals surface area (Å²) in [7, 11) is 0. The Morgan fingerprint density at radius 3 is 2.68 bits per heavy atom. The second-order valence-electron chi connectivity index (χ2n) is 4.05. The maximum absolute atomic E-state index is 12.0. The van der Waals surface area contributed by atoms with Gasteiger partial charge in [-0.1, -0.05) is 10.3 Å². The summed E-state index contributed by atoms with van der Waals surface area (Å²) in [5.41, 5.74) is 1.22. The van der Waals surface area contributed by atoms with Crippen LogP contribution in [0.1, 0.15) is 24.7 Å². The minimum atomic E-state index is -0.523. The maximum Gasteiger partial charge on any atom is 0.242 e. The molecule has 1 atom stereocenters. The Balaban J connectivity index is 2.51. The SMILES string of the molecule is CSCC[C@H](NC(C)=O)C(=O)NCc1nonc1C. The normalized spacial score (nSPS) is 11.9. The molecule has 0 spiro atoms. The largest absolute Gasteiger partial charge is 0.348 e. The van der Waals surface area contributed by atoms with Crippen LogP contribution < -0.4 is 10.6 Å². The van der Waals surface area contributed by atoms with E-state index in [0.29, 0.717) is 17.8 Å². The summed E-state index contributed by atoms with van der Waals surface area (Å²) in [6.07, 6.45) is 2.54. The lowest BCUT2D eigenvalue weighted by molar-refractivity contribution is -0.128. The van der Waals surface area contributed by atoms with E-state index < -0.39 is 6.04 Å². The Labute approximate surface area is 115 Å². The lowest BCUT2D eigenvalue weighted by Gasteiger charge is -2.16. The predicted molar refractivity (Wildman–Crippen MR) is 71.5 cm³/mol. The molecule has 8 heteroatoms. The van der Waals surface area contributed by atoms with Gasteiger partial charge >= 0.3 is 0 Å². The molecule has 0 fully saturated rings. The van der Waals surface area contributed by atoms with E-state index in [2.05, 4.69) is 25.6 Å². The van der Waals surface area contributed by atoms with Gasteiger partial charge in [0.1, 0.15) is 17.4 Å². The number of aromatic nitrogens is 2. The molecule has 106 valence electrons. The van der Waals surface area contributed by atoms with Crippen LogP contribution in [0.5, 0.6) is 0 Å². The fourth-order valence-electron chi connectivity index (χ4n) is 1.45. The van der Waals surface area contributed by atoms with Crippen molar-refractivity contribution in [3.63, 3.8) is 0 Å². The second kappa shape index (κ2) is 7.78. The van der Waals surface area contributed by atoms with Crippen molar-refractivity contribution in [1.29, 1.82) is 0 Å². The summed E-state index contributed by atoms with van der Waals surface area (Å²) in [5, 5.41) is 12.7. The zero-order valence-corrected chi connectivity index (χ0v) is 12.0. The van der Waals surface area contributed by atoms with Gasteiger partial charge in [0.05, 0.1) is 6.54 Å². The molecule has 0 aliphatic carbocycles. The number of amides is 2. The van der Waals surface area contributed by atoms with Crippen molar-refractivity contribution in [3.8, 4) is 0 Å². The number of aryl methyl sites for hydroxylation is 1. The minimum Gasteiger partial charge on any atom is -0.348 e. The molecule has 7 nitrogen and oxygen atoms in total. The fourth-order valence-corrected chi connectivity index (χ4v) is 1.93. The first-order chi connectivity index (χ1) is 9.04. The zero-order chi connectivity index (χ0) is 14.3. The summed E-state index contributed by atoms with van der Waals surface area (Å²) >= 11 is 1.62. The van der Waals surface area contributed by atoms with E-state index in [1.807, 2.05) is 6.26 Å². The fraction of sp³-hybridized carbons (Fsp3) is 0.636. The average molecular weight is 286 g/mol. The third kappa shape index (κ3) is 5.29. The van der Waals surface area contributed by atoms with Gasteiger partial charge in [0.2, 0.25) is 11.8 Å². The van der Waals surface area contributed by atoms with E-state index in [1.54, 1.807) is 18.7 Å². The van der Waals surface area contributed by atoms with Crippen LogP contribution in [0.25, 0.3) is 0 Å². The van der Waals surface area contributed by atoms with E-state index in [-0.39, 0.29) is 18.4 Å². The first kappa shape index (κ1) is 15.5. The molecule has 0 saturated carbocycles. The van der Waals surface area contributed by atoms with E-state index >= 15 is 0 Å². The molecule has 19 heavy (non-hydrogen) atoms. The highest BCUT2D eigenvalue weighted by Gasteiger charge is 2.19. The monoisotopic (exact) mass is 286 g/mol. The van der Waals surface area contributed by atoms with E-state index in [9.17, 15) is 9.59 Å². The molecular weight excluding hydrogens is 268 g/mol. The van der Waals surface area contributed by atoms with Crippen LogP contribution in [-0.4, -0.2) is 40.2 Å². The Morgan fingerprint density at radius 2 is 2.16 bits per heavy atom. The molecule has 2 N–H and O–H groups in total. The highest BCUT2D eigenvalue weighted by Crippen LogP contribution is 2.03. The van der Waals surface area contributed by atoms with Crippen molar-refractivity contribution in [1.82, 2.24) is 20.9 Å². The van der Waals surface area contributed by atoms with Crippen LogP contribution in [0, 0.1) is 6.92 Å². The number of carbonyl (C=O) groups is 2. The first-order valence-corrected chi connectivity index (χ1v) is 7.25. The summed E-state index contributed by atoms with van der Waals surface area (Å²) < 4.78 is 4.54. The van der Waals surface area contributed by atoms with Crippen molar-refractivity contribution < 1.29 is 14.2 Å². The van der Waals surface area contributed by atoms with Gasteiger partial charge in [-0.25, -0.2) is 4.63 Å². The standard InChI is InChI=1S/C11H18N4O3S/c1-7-10(15-18-14-7)6-12-11(17)9(4-5-19-3)13-8(2)16/h9H,4-6H2,1-3H3,(H,12,17)(H,13,16)/t9-/m0/s1. The van der Waals surface area contributed by atoms with Gasteiger partial charge < -0.3 is 10.6 Å². The zero-order valence-electron chi connectivity index (χ0n) is 11.2. The molecule has 2 amide bonds. The number of rotatable bonds is 7. The number of nitrogens with zero attached hydrogens (tertiary/aromatic N) is 2. The van der Waals surface area contributed by atoms with Crippen LogP contribution in [0.2, 0.25) is 0 Å². The smallest absolute Gasteiger partial charge is 0.242 e. The molecule has 1 aromatic rings. The lowest BCUT2D eigenvalue weighted by atomic mass is 10.2. The highest BCUT2D eigenvalue weighted by molar-refractivity contribution is 7.98. The van der Waals surface area contributed by atoms with Crippen molar-refractivity contribution >= 4 is 23.6 Å². The number of nitrogens with one attached hydrogen (secondary N) is 2. The molecule has 1 heterocycles. The minimum absolute atomic E-state index is 0.222. The molecule has 0 radical (unpaired) electrons. The molecule has 0 unspecified atom stereocenters. The second-order valence-corrected chi connectivity index (χ2v) is 5.03. The molecule has 1 rings (SSSR count). The van der Waals surface area contributed by atoms with E-state index in [0.717, 1.165) is 5.75 Å². The van der Waals surface area contributed by atoms with Crippen molar-refractivity contribution in [2.75, 3.05) is 12.0 Å². The van der Waals surface area contributed by atoms with Crippen LogP contribution in [0.4, 0.5) is 0 Å². The molecule has 0 aliphatic rings. The van der Waals surface area contributed by atoms with Gasteiger partial charge in [0.15, 0.2) is 0 Å². The van der Waals surface area contributed by atoms with Crippen LogP contribution in [0.3, 0.4) is 0 Å². The quantitative estimate of drug-likeness (QED) is 0.746. The summed E-state index contributed by atoms with van der Waals surface area (Å²) in [4.78, 5) is 23.1. The Kier molecular flexibility index (Phi) is 6.34. The molecule has 0 bridgehead atoms. The van der Waals surface area contributed by atoms with Crippen molar-refractivity contribution in [2.24, 2.45) is 0 Å². The summed E-state index contributed by atoms with van der Waals surface area (Å²) in [6, 6.07) is -0.523. The lowest BCUT2D eigenvalue weighted by Crippen LogP contribution is -2.46. The number of hydrogen-bond donors (Lipinski definition) is 2. The van der Waals surface area contributed by atoms with Crippen molar-refractivity contribution in [2.45, 2.75) is 32.9 Å². The number of carbonyl (C=O) groups excluding carboxylic acids is 2. The van der Waals surface area contributed by atoms with Gasteiger partial charge in [-0.15, -0.1) is 0 Å². The van der Waals surface area contributed by atoms with Gasteiger partial charge in [-0.3, -0.25) is 9.59 Å². The molecule has 0 saturated heterocycles. The van der Waals surface area contributed by atoms with E-state index in [1.165, 1.54) is 6.92 Å². The Bertz CT molecular complexity index is 435. The summed E-state index contributed by atoms with van der Waals surface area (Å²) in [6.45, 7) is 3.38. The predicted octanol–water partition coefficient (Wildman–Crippen LogP) is 0.252. The topological polar surface area (TPSA) is 97.1 Å². The molecule has 0 aromatic carbocycles. The average Bonchev–Trinajstić information content (AvgIpc) is 2.76. The van der Waals surface area contributed by atoms with Crippen LogP contribution in [-0.2, 0) is 16.1 Å². The van der Waals surface area contributed by atoms with Crippen molar-refractivity contribution in [3.05, 3.63) is 11.4 Å². The van der Waals surface area contributed by atoms with Gasteiger partial charge in [0, 0.05) is 6.92 Å². The third-order valence-electron chi connectivity index (χ3n) is 2.48. The molecule has 0 aliphatic heterocycles. The summed E-state index contributed by atoms with van der Waals surface area (Å²) in [5.74, 6) is 0.343. The highest BCUT2D eigenvalue weighted by atomic mass is 32.2. The first-order valence-electron chi connectivity index (χ1n) is 5.86. The van der Waals surface area contributed by atoms with Gasteiger partial charge in [-0.2, -0.15) is 11.8 Å². The molecular formula is C11H18N4O3S. The van der Waals surface area contributed by atoms with Gasteiger partial charge in [-0.05, 0) is 25.4 Å². The molecule has 1 aromatic heterocycles. The number of hydrogen-bond acceptors (Lipinski definition) is 6. The van der Waals surface area contributed by atoms with Crippen LogP contribution in [0.15, 0.2) is 4.63 Å².